The number of halogens is 3. The van der Waals surface area contributed by atoms with Gasteiger partial charge in [-0.2, -0.15) is 0 Å². The van der Waals surface area contributed by atoms with Gasteiger partial charge < -0.3 is 5.32 Å². The molecule has 0 aliphatic rings. The molecule has 2 amide bonds. The van der Waals surface area contributed by atoms with Crippen molar-refractivity contribution in [3.05, 3.63) is 62.6 Å². The first-order chi connectivity index (χ1) is 15.4. The quantitative estimate of drug-likeness (QED) is 0.217. The Morgan fingerprint density at radius 3 is 1.78 bits per heavy atom. The first-order valence-electron chi connectivity index (χ1n) is 11.3. The standard InChI is InChI=1S/C25H31Cl3N2O2/c1-2-3-4-5-6-7-8-9-10-15-29-23-21(27)16-19(17-22(23)28)25(32)30-24(31)18-11-13-20(26)14-12-18/h11-14,16-17,29H,2-10,15H2,1H3,(H,30,31,32). The van der Waals surface area contributed by atoms with Crippen molar-refractivity contribution < 1.29 is 9.59 Å². The fourth-order valence-corrected chi connectivity index (χ4v) is 4.12. The molecule has 4 nitrogen and oxygen atoms in total. The van der Waals surface area contributed by atoms with Crippen LogP contribution in [0.3, 0.4) is 0 Å². The third kappa shape index (κ3) is 9.01. The summed E-state index contributed by atoms with van der Waals surface area (Å²) in [5.41, 5.74) is 1.16. The average Bonchev–Trinajstić information content (AvgIpc) is 2.76. The summed E-state index contributed by atoms with van der Waals surface area (Å²) in [6.07, 6.45) is 11.3. The molecule has 0 spiro atoms. The number of amides is 2. The van der Waals surface area contributed by atoms with Crippen molar-refractivity contribution in [1.82, 2.24) is 5.32 Å². The molecule has 7 heteroatoms. The van der Waals surface area contributed by atoms with Gasteiger partial charge in [0, 0.05) is 22.7 Å². The fraction of sp³-hybridized carbons (Fsp3) is 0.440. The number of carbonyl (C=O) groups is 2. The first-order valence-corrected chi connectivity index (χ1v) is 12.4. The van der Waals surface area contributed by atoms with Crippen LogP contribution >= 0.6 is 34.8 Å². The zero-order valence-electron chi connectivity index (χ0n) is 18.5. The maximum atomic E-state index is 12.5. The largest absolute Gasteiger partial charge is 0.383 e. The molecule has 0 heterocycles. The monoisotopic (exact) mass is 496 g/mol. The highest BCUT2D eigenvalue weighted by Gasteiger charge is 2.16. The van der Waals surface area contributed by atoms with Crippen LogP contribution in [0.5, 0.6) is 0 Å². The number of unbranched alkanes of at least 4 members (excludes halogenated alkanes) is 8. The first kappa shape index (κ1) is 26.5. The van der Waals surface area contributed by atoms with Crippen LogP contribution in [0.25, 0.3) is 0 Å². The van der Waals surface area contributed by atoms with Crippen molar-refractivity contribution >= 4 is 52.3 Å². The van der Waals surface area contributed by atoms with Gasteiger partial charge in [-0.15, -0.1) is 0 Å². The highest BCUT2D eigenvalue weighted by Crippen LogP contribution is 2.32. The minimum absolute atomic E-state index is 0.218. The van der Waals surface area contributed by atoms with Crippen molar-refractivity contribution in [1.29, 1.82) is 0 Å². The van der Waals surface area contributed by atoms with Crippen LogP contribution in [-0.2, 0) is 0 Å². The van der Waals surface area contributed by atoms with Crippen LogP contribution in [0.4, 0.5) is 5.69 Å². The number of imide groups is 1. The minimum Gasteiger partial charge on any atom is -0.383 e. The Hall–Kier alpha value is -1.75. The lowest BCUT2D eigenvalue weighted by atomic mass is 10.1. The summed E-state index contributed by atoms with van der Waals surface area (Å²) in [5, 5.41) is 6.80. The second-order valence-corrected chi connectivity index (χ2v) is 9.11. The van der Waals surface area contributed by atoms with E-state index in [2.05, 4.69) is 17.6 Å². The zero-order chi connectivity index (χ0) is 23.3. The number of hydrogen-bond acceptors (Lipinski definition) is 3. The lowest BCUT2D eigenvalue weighted by molar-refractivity contribution is 0.0849. The van der Waals surface area contributed by atoms with Crippen molar-refractivity contribution in [2.24, 2.45) is 0 Å². The molecule has 2 aromatic carbocycles. The second-order valence-electron chi connectivity index (χ2n) is 7.86. The van der Waals surface area contributed by atoms with Gasteiger partial charge in [0.2, 0.25) is 0 Å². The molecule has 0 saturated heterocycles. The molecule has 2 aromatic rings. The summed E-state index contributed by atoms with van der Waals surface area (Å²) in [7, 11) is 0. The Bertz CT molecular complexity index is 862. The van der Waals surface area contributed by atoms with Gasteiger partial charge in [-0.05, 0) is 42.8 Å². The Morgan fingerprint density at radius 2 is 1.22 bits per heavy atom. The van der Waals surface area contributed by atoms with Gasteiger partial charge in [0.05, 0.1) is 15.7 Å². The van der Waals surface area contributed by atoms with Crippen molar-refractivity contribution in [2.45, 2.75) is 64.7 Å². The van der Waals surface area contributed by atoms with E-state index < -0.39 is 11.8 Å². The zero-order valence-corrected chi connectivity index (χ0v) is 20.8. The maximum absolute atomic E-state index is 12.5. The Labute approximate surface area is 206 Å². The lowest BCUT2D eigenvalue weighted by Gasteiger charge is -2.12. The summed E-state index contributed by atoms with van der Waals surface area (Å²) in [5.74, 6) is -1.09. The molecule has 0 atom stereocenters. The van der Waals surface area contributed by atoms with Gasteiger partial charge in [0.15, 0.2) is 0 Å². The van der Waals surface area contributed by atoms with E-state index in [-0.39, 0.29) is 5.56 Å². The summed E-state index contributed by atoms with van der Waals surface area (Å²) >= 11 is 18.5. The third-order valence-corrected chi connectivity index (χ3v) is 6.07. The Kier molecular flexibility index (Phi) is 11.9. The third-order valence-electron chi connectivity index (χ3n) is 5.22. The summed E-state index contributed by atoms with van der Waals surface area (Å²) < 4.78 is 0. The molecule has 0 aliphatic carbocycles. The van der Waals surface area contributed by atoms with E-state index in [1.807, 2.05) is 0 Å². The number of carbonyl (C=O) groups excluding carboxylic acids is 2. The van der Waals surface area contributed by atoms with Gasteiger partial charge in [0.25, 0.3) is 11.8 Å². The summed E-state index contributed by atoms with van der Waals surface area (Å²) in [6.45, 7) is 2.99. The molecule has 0 radical (unpaired) electrons. The molecule has 2 rings (SSSR count). The molecular formula is C25H31Cl3N2O2. The Balaban J connectivity index is 1.79. The topological polar surface area (TPSA) is 58.2 Å². The van der Waals surface area contributed by atoms with E-state index >= 15 is 0 Å². The average molecular weight is 498 g/mol. The predicted molar refractivity (Wildman–Crippen MR) is 135 cm³/mol. The highest BCUT2D eigenvalue weighted by molar-refractivity contribution is 6.39. The second kappa shape index (κ2) is 14.4. The molecule has 32 heavy (non-hydrogen) atoms. The number of benzene rings is 2. The van der Waals surface area contributed by atoms with E-state index in [4.69, 9.17) is 34.8 Å². The minimum atomic E-state index is -0.570. The van der Waals surface area contributed by atoms with E-state index in [1.54, 1.807) is 24.3 Å². The van der Waals surface area contributed by atoms with Crippen molar-refractivity contribution in [3.8, 4) is 0 Å². The van der Waals surface area contributed by atoms with Gasteiger partial charge in [-0.1, -0.05) is 93.1 Å². The van der Waals surface area contributed by atoms with E-state index in [0.717, 1.165) is 19.4 Å². The molecule has 2 N–H and O–H groups in total. The summed E-state index contributed by atoms with van der Waals surface area (Å²) in [4.78, 5) is 24.7. The molecule has 174 valence electrons. The van der Waals surface area contributed by atoms with Gasteiger partial charge in [-0.3, -0.25) is 14.9 Å². The van der Waals surface area contributed by atoms with Crippen molar-refractivity contribution in [2.75, 3.05) is 11.9 Å². The molecule has 0 bridgehead atoms. The number of rotatable bonds is 13. The number of hydrogen-bond donors (Lipinski definition) is 2. The molecule has 0 saturated carbocycles. The van der Waals surface area contributed by atoms with Crippen LogP contribution in [0.1, 0.15) is 85.4 Å². The van der Waals surface area contributed by atoms with Crippen LogP contribution < -0.4 is 10.6 Å². The number of nitrogens with one attached hydrogen (secondary N) is 2. The molecule has 0 unspecified atom stereocenters. The molecular weight excluding hydrogens is 467 g/mol. The van der Waals surface area contributed by atoms with Crippen molar-refractivity contribution in [3.63, 3.8) is 0 Å². The maximum Gasteiger partial charge on any atom is 0.258 e. The smallest absolute Gasteiger partial charge is 0.258 e. The highest BCUT2D eigenvalue weighted by atomic mass is 35.5. The van der Waals surface area contributed by atoms with Gasteiger partial charge >= 0.3 is 0 Å². The van der Waals surface area contributed by atoms with Crippen LogP contribution in [0.2, 0.25) is 15.1 Å². The van der Waals surface area contributed by atoms with E-state index in [0.29, 0.717) is 26.3 Å². The predicted octanol–water partition coefficient (Wildman–Crippen LogP) is 8.16. The summed E-state index contributed by atoms with van der Waals surface area (Å²) in [6, 6.07) is 9.29. The normalized spacial score (nSPS) is 10.8. The van der Waals surface area contributed by atoms with Crippen LogP contribution in [0.15, 0.2) is 36.4 Å². The Morgan fingerprint density at radius 1 is 0.719 bits per heavy atom. The van der Waals surface area contributed by atoms with Crippen LogP contribution in [0, 0.1) is 0 Å². The lowest BCUT2D eigenvalue weighted by Crippen LogP contribution is -2.30. The van der Waals surface area contributed by atoms with Crippen LogP contribution in [-0.4, -0.2) is 18.4 Å². The van der Waals surface area contributed by atoms with Gasteiger partial charge in [-0.25, -0.2) is 0 Å². The molecule has 0 aromatic heterocycles. The van der Waals surface area contributed by atoms with E-state index in [9.17, 15) is 9.59 Å². The van der Waals surface area contributed by atoms with E-state index in [1.165, 1.54) is 57.1 Å². The number of anilines is 1. The fourth-order valence-electron chi connectivity index (χ4n) is 3.37. The van der Waals surface area contributed by atoms with Gasteiger partial charge in [0.1, 0.15) is 0 Å². The molecule has 0 fully saturated rings. The SMILES string of the molecule is CCCCCCCCCCCNc1c(Cl)cc(C(=O)NC(=O)c2ccc(Cl)cc2)cc1Cl. The molecule has 0 aliphatic heterocycles.